The van der Waals surface area contributed by atoms with E-state index >= 15 is 0 Å². The maximum absolute atomic E-state index is 11.4. The number of carboxylic acids is 1. The Hall–Kier alpha value is -0.710. The second-order valence-electron chi connectivity index (χ2n) is 2.76. The van der Waals surface area contributed by atoms with Crippen molar-refractivity contribution in [2.24, 2.45) is 5.92 Å². The van der Waals surface area contributed by atoms with Crippen molar-refractivity contribution in [3.05, 3.63) is 0 Å². The van der Waals surface area contributed by atoms with Crippen LogP contribution in [0.4, 0.5) is 8.96 Å². The van der Waals surface area contributed by atoms with Crippen molar-refractivity contribution in [3.8, 4) is 0 Å². The molecule has 0 aromatic rings. The number of unbranched alkanes of at least 4 members (excludes halogenated alkanes) is 1. The average Bonchev–Trinajstić information content (AvgIpc) is 1.97. The molecule has 0 saturated carbocycles. The third-order valence-electron chi connectivity index (χ3n) is 1.64. The van der Waals surface area contributed by atoms with Gasteiger partial charge in [-0.05, 0) is 12.8 Å². The second-order valence-corrected chi connectivity index (χ2v) is 2.76. The molecule has 72 valence electrons. The Kier molecular flexibility index (Phi) is 5.53. The van der Waals surface area contributed by atoms with E-state index in [0.717, 1.165) is 0 Å². The van der Waals surface area contributed by atoms with Crippen LogP contribution in [0.5, 0.6) is 0 Å². The first-order valence-corrected chi connectivity index (χ1v) is 3.86. The second kappa shape index (κ2) is 5.88. The van der Waals surface area contributed by atoms with Gasteiger partial charge >= 0.3 is 5.97 Å². The van der Waals surface area contributed by atoms with Crippen LogP contribution in [0.3, 0.4) is 0 Å². The minimum Gasteiger partial charge on any atom is -0.481 e. The zero-order chi connectivity index (χ0) is 9.56. The summed E-state index contributed by atoms with van der Waals surface area (Å²) in [6.07, 6.45) is 1.32. The van der Waals surface area contributed by atoms with Crippen molar-refractivity contribution in [3.63, 3.8) is 0 Å². The minimum absolute atomic E-state index is 0.285. The van der Waals surface area contributed by atoms with Gasteiger partial charge in [0.15, 0.2) is 0 Å². The summed E-state index contributed by atoms with van der Waals surface area (Å²) >= 11 is 0. The van der Waals surface area contributed by atoms with E-state index in [2.05, 4.69) is 0 Å². The lowest BCUT2D eigenvalue weighted by molar-refractivity contribution is -0.153. The molecule has 0 aliphatic carbocycles. The van der Waals surface area contributed by atoms with Crippen LogP contribution < -0.4 is 0 Å². The predicted molar refractivity (Wildman–Crippen MR) is 39.6 cm³/mol. The molecule has 0 aromatic carbocycles. The molecule has 0 rings (SSSR count). The van der Waals surface area contributed by atoms with Crippen LogP contribution >= 0.6 is 0 Å². The molecule has 0 aliphatic heterocycles. The topological polar surface area (TPSA) is 40.5 Å². The first-order valence-electron chi connectivity index (χ1n) is 3.86. The van der Waals surface area contributed by atoms with Gasteiger partial charge in [0.2, 0.25) is 0 Å². The fourth-order valence-corrected chi connectivity index (χ4v) is 0.805. The van der Waals surface area contributed by atoms with Gasteiger partial charge in [-0.15, -0.1) is 8.96 Å². The van der Waals surface area contributed by atoms with Crippen LogP contribution in [0.15, 0.2) is 0 Å². The zero-order valence-corrected chi connectivity index (χ0v) is 6.96. The molecule has 12 heavy (non-hydrogen) atoms. The van der Waals surface area contributed by atoms with Gasteiger partial charge in [-0.3, -0.25) is 4.79 Å². The fourth-order valence-electron chi connectivity index (χ4n) is 0.805. The van der Waals surface area contributed by atoms with Crippen molar-refractivity contribution in [1.29, 1.82) is 0 Å². The van der Waals surface area contributed by atoms with E-state index in [1.807, 2.05) is 0 Å². The lowest BCUT2D eigenvalue weighted by atomic mass is 10.0. The summed E-state index contributed by atoms with van der Waals surface area (Å²) in [7, 11) is 0. The zero-order valence-electron chi connectivity index (χ0n) is 6.96. The average molecular weight is 181 g/mol. The molecular weight excluding hydrogens is 168 g/mol. The molecule has 1 atom stereocenters. The summed E-state index contributed by atoms with van der Waals surface area (Å²) in [5.41, 5.74) is 0. The molecule has 0 heterocycles. The van der Waals surface area contributed by atoms with Crippen molar-refractivity contribution >= 4 is 5.97 Å². The molecule has 0 saturated heterocycles. The van der Waals surface area contributed by atoms with Crippen LogP contribution in [-0.2, 0) is 4.79 Å². The highest BCUT2D eigenvalue weighted by Crippen LogP contribution is 2.08. The summed E-state index contributed by atoms with van der Waals surface area (Å²) in [4.78, 5) is 10.3. The highest BCUT2D eigenvalue weighted by atomic mass is 19.4. The molecule has 0 radical (unpaired) electrons. The number of nitrogens with zero attached hydrogens (tertiary/aromatic N) is 1. The van der Waals surface area contributed by atoms with E-state index < -0.39 is 17.2 Å². The Morgan fingerprint density at radius 2 is 2.08 bits per heavy atom. The number of halogens is 2. The smallest absolute Gasteiger partial charge is 0.306 e. The van der Waals surface area contributed by atoms with Gasteiger partial charge < -0.3 is 5.11 Å². The molecule has 5 heteroatoms. The van der Waals surface area contributed by atoms with Crippen LogP contribution in [0.25, 0.3) is 0 Å². The van der Waals surface area contributed by atoms with Crippen molar-refractivity contribution in [2.75, 3.05) is 6.54 Å². The van der Waals surface area contributed by atoms with Gasteiger partial charge in [0.25, 0.3) is 0 Å². The summed E-state index contributed by atoms with van der Waals surface area (Å²) < 4.78 is 22.9. The third-order valence-corrected chi connectivity index (χ3v) is 1.64. The molecule has 3 nitrogen and oxygen atoms in total. The summed E-state index contributed by atoms with van der Waals surface area (Å²) in [5, 5.41) is 7.55. The summed E-state index contributed by atoms with van der Waals surface area (Å²) in [6, 6.07) is 0. The number of hydrogen-bond acceptors (Lipinski definition) is 2. The van der Waals surface area contributed by atoms with E-state index in [0.29, 0.717) is 19.3 Å². The minimum atomic E-state index is -0.883. The Morgan fingerprint density at radius 3 is 2.50 bits per heavy atom. The number of aliphatic carboxylic acids is 1. The van der Waals surface area contributed by atoms with Crippen molar-refractivity contribution in [1.82, 2.24) is 5.34 Å². The third kappa shape index (κ3) is 6.03. The number of carbonyl (C=O) groups is 1. The fraction of sp³-hybridized carbons (Fsp3) is 0.857. The monoisotopic (exact) mass is 181 g/mol. The highest BCUT2D eigenvalue weighted by Gasteiger charge is 2.10. The summed E-state index contributed by atoms with van der Waals surface area (Å²) in [5.74, 6) is -1.30. The first kappa shape index (κ1) is 11.3. The molecule has 0 fully saturated rings. The summed E-state index contributed by atoms with van der Waals surface area (Å²) in [6.45, 7) is 1.29. The Bertz CT molecular complexity index is 141. The molecule has 0 aromatic heterocycles. The number of rotatable bonds is 6. The van der Waals surface area contributed by atoms with Gasteiger partial charge in [0, 0.05) is 5.34 Å². The molecular formula is C7H13F2NO2. The lowest BCUT2D eigenvalue weighted by Gasteiger charge is -2.04. The van der Waals surface area contributed by atoms with Gasteiger partial charge in [-0.1, -0.05) is 13.3 Å². The SMILES string of the molecule is CC(CCCCN(F)F)C(=O)O. The molecule has 0 bridgehead atoms. The van der Waals surface area contributed by atoms with Gasteiger partial charge in [0.05, 0.1) is 12.5 Å². The van der Waals surface area contributed by atoms with Crippen LogP contribution in [0, 0.1) is 5.92 Å². The van der Waals surface area contributed by atoms with Crippen LogP contribution in [0.2, 0.25) is 0 Å². The molecule has 0 aliphatic rings. The standard InChI is InChI=1S/C7H13F2NO2/c1-6(7(11)12)4-2-3-5-10(8)9/h6H,2-5H2,1H3,(H,11,12). The number of carboxylic acid groups (broad SMARTS) is 1. The van der Waals surface area contributed by atoms with Gasteiger partial charge in [-0.2, -0.15) is 0 Å². The first-order chi connectivity index (χ1) is 5.54. The van der Waals surface area contributed by atoms with E-state index in [-0.39, 0.29) is 6.54 Å². The Morgan fingerprint density at radius 1 is 1.50 bits per heavy atom. The molecule has 0 amide bonds. The quantitative estimate of drug-likeness (QED) is 0.503. The highest BCUT2D eigenvalue weighted by molar-refractivity contribution is 5.69. The Labute approximate surface area is 69.8 Å². The predicted octanol–water partition coefficient (Wildman–Crippen LogP) is 1.95. The van der Waals surface area contributed by atoms with E-state index in [9.17, 15) is 13.8 Å². The molecule has 1 N–H and O–H groups in total. The van der Waals surface area contributed by atoms with Gasteiger partial charge in [-0.25, -0.2) is 0 Å². The largest absolute Gasteiger partial charge is 0.481 e. The van der Waals surface area contributed by atoms with Crippen molar-refractivity contribution < 1.29 is 18.9 Å². The maximum atomic E-state index is 11.4. The molecule has 1 unspecified atom stereocenters. The maximum Gasteiger partial charge on any atom is 0.306 e. The van der Waals surface area contributed by atoms with Crippen LogP contribution in [0.1, 0.15) is 26.2 Å². The number of hydrogen-bond donors (Lipinski definition) is 1. The molecule has 0 spiro atoms. The van der Waals surface area contributed by atoms with Crippen LogP contribution in [-0.4, -0.2) is 23.0 Å². The van der Waals surface area contributed by atoms with Crippen molar-refractivity contribution in [2.45, 2.75) is 26.2 Å². The lowest BCUT2D eigenvalue weighted by Crippen LogP contribution is -2.10. The van der Waals surface area contributed by atoms with E-state index in [4.69, 9.17) is 5.11 Å². The Balaban J connectivity index is 3.25. The van der Waals surface area contributed by atoms with Gasteiger partial charge in [0.1, 0.15) is 0 Å². The van der Waals surface area contributed by atoms with E-state index in [1.54, 1.807) is 6.92 Å². The van der Waals surface area contributed by atoms with E-state index in [1.165, 1.54) is 0 Å². The normalized spacial score (nSPS) is 13.3.